The highest BCUT2D eigenvalue weighted by Gasteiger charge is 2.31. The molecule has 0 aliphatic heterocycles. The standard InChI is InChI=1S/C21H16ClFN2O4/c1-10-15(22)16(23)17(24-20(27)11-5-3-2-4-6-11)14-18(10)25(12-7-8-12)9-13(19(14)26)21(28)29/h2-6,9,12H,7-8H2,1H3,(H,24,27)(H,28,29). The summed E-state index contributed by atoms with van der Waals surface area (Å²) in [6, 6.07) is 8.09. The van der Waals surface area contributed by atoms with Crippen molar-refractivity contribution in [3.63, 3.8) is 0 Å². The number of hydrogen-bond acceptors (Lipinski definition) is 3. The van der Waals surface area contributed by atoms with Crippen molar-refractivity contribution in [1.82, 2.24) is 4.57 Å². The highest BCUT2D eigenvalue weighted by Crippen LogP contribution is 2.41. The summed E-state index contributed by atoms with van der Waals surface area (Å²) < 4.78 is 16.7. The Bertz CT molecular complexity index is 1230. The number of anilines is 1. The van der Waals surface area contributed by atoms with E-state index < -0.39 is 34.4 Å². The number of aromatic nitrogens is 1. The Kier molecular flexibility index (Phi) is 4.62. The molecule has 1 aliphatic rings. The van der Waals surface area contributed by atoms with Gasteiger partial charge >= 0.3 is 5.97 Å². The zero-order valence-corrected chi connectivity index (χ0v) is 16.1. The maximum Gasteiger partial charge on any atom is 0.341 e. The maximum absolute atomic E-state index is 15.1. The van der Waals surface area contributed by atoms with Crippen LogP contribution in [0.4, 0.5) is 10.1 Å². The largest absolute Gasteiger partial charge is 0.477 e. The molecule has 29 heavy (non-hydrogen) atoms. The number of amides is 1. The van der Waals surface area contributed by atoms with Gasteiger partial charge in [-0.1, -0.05) is 29.8 Å². The van der Waals surface area contributed by atoms with Gasteiger partial charge in [-0.25, -0.2) is 9.18 Å². The van der Waals surface area contributed by atoms with Gasteiger partial charge in [-0.15, -0.1) is 0 Å². The van der Waals surface area contributed by atoms with Crippen molar-refractivity contribution < 1.29 is 19.1 Å². The second-order valence-electron chi connectivity index (χ2n) is 6.99. The van der Waals surface area contributed by atoms with Crippen LogP contribution in [0.1, 0.15) is 45.2 Å². The molecule has 1 heterocycles. The van der Waals surface area contributed by atoms with Gasteiger partial charge < -0.3 is 15.0 Å². The number of pyridine rings is 1. The van der Waals surface area contributed by atoms with Crippen LogP contribution in [0.15, 0.2) is 41.3 Å². The number of rotatable bonds is 4. The molecule has 0 spiro atoms. The summed E-state index contributed by atoms with van der Waals surface area (Å²) in [5.41, 5.74) is -0.858. The lowest BCUT2D eigenvalue weighted by Crippen LogP contribution is -2.23. The predicted octanol–water partition coefficient (Wildman–Crippen LogP) is 4.39. The second kappa shape index (κ2) is 7.00. The van der Waals surface area contributed by atoms with E-state index in [9.17, 15) is 19.5 Å². The third-order valence-electron chi connectivity index (χ3n) is 5.03. The number of fused-ring (bicyclic) bond motifs is 1. The molecular weight excluding hydrogens is 399 g/mol. The molecule has 1 aromatic heterocycles. The van der Waals surface area contributed by atoms with Crippen LogP contribution in [0.5, 0.6) is 0 Å². The topological polar surface area (TPSA) is 88.4 Å². The molecule has 8 heteroatoms. The van der Waals surface area contributed by atoms with Gasteiger partial charge in [0.1, 0.15) is 5.56 Å². The number of halogens is 2. The first-order chi connectivity index (χ1) is 13.8. The second-order valence-corrected chi connectivity index (χ2v) is 7.37. The predicted molar refractivity (Wildman–Crippen MR) is 108 cm³/mol. The molecule has 1 aliphatic carbocycles. The van der Waals surface area contributed by atoms with Crippen molar-refractivity contribution in [2.24, 2.45) is 0 Å². The number of carboxylic acids is 1. The summed E-state index contributed by atoms with van der Waals surface area (Å²) in [5.74, 6) is -3.02. The Hall–Kier alpha value is -3.19. The first-order valence-corrected chi connectivity index (χ1v) is 9.35. The summed E-state index contributed by atoms with van der Waals surface area (Å²) in [6.45, 7) is 1.56. The smallest absolute Gasteiger partial charge is 0.341 e. The van der Waals surface area contributed by atoms with E-state index >= 15 is 4.39 Å². The van der Waals surface area contributed by atoms with Crippen LogP contribution < -0.4 is 10.7 Å². The Morgan fingerprint density at radius 3 is 2.48 bits per heavy atom. The maximum atomic E-state index is 15.1. The molecule has 3 aromatic rings. The molecule has 0 saturated heterocycles. The molecule has 2 N–H and O–H groups in total. The minimum absolute atomic E-state index is 0.00546. The fourth-order valence-corrected chi connectivity index (χ4v) is 3.60. The van der Waals surface area contributed by atoms with Crippen molar-refractivity contribution in [1.29, 1.82) is 0 Å². The average Bonchev–Trinajstić information content (AvgIpc) is 3.55. The number of aryl methyl sites for hydroxylation is 1. The number of nitrogens with zero attached hydrogens (tertiary/aromatic N) is 1. The number of aromatic carboxylic acids is 1. The minimum atomic E-state index is -1.42. The van der Waals surface area contributed by atoms with Gasteiger partial charge in [-0.05, 0) is 37.5 Å². The SMILES string of the molecule is Cc1c(Cl)c(F)c(NC(=O)c2ccccc2)c2c(=O)c(C(=O)O)cn(C3CC3)c12. The van der Waals surface area contributed by atoms with Crippen molar-refractivity contribution in [3.05, 3.63) is 74.3 Å². The van der Waals surface area contributed by atoms with Crippen LogP contribution in [0, 0.1) is 12.7 Å². The fraction of sp³-hybridized carbons (Fsp3) is 0.190. The third-order valence-corrected chi connectivity index (χ3v) is 5.48. The lowest BCUT2D eigenvalue weighted by molar-refractivity contribution is 0.0694. The lowest BCUT2D eigenvalue weighted by atomic mass is 10.0. The van der Waals surface area contributed by atoms with Crippen LogP contribution in [-0.4, -0.2) is 21.6 Å². The Morgan fingerprint density at radius 2 is 1.90 bits per heavy atom. The van der Waals surface area contributed by atoms with Gasteiger partial charge in [-0.2, -0.15) is 0 Å². The Labute approximate surface area is 169 Å². The number of benzene rings is 2. The first kappa shape index (κ1) is 19.1. The molecule has 6 nitrogen and oxygen atoms in total. The van der Waals surface area contributed by atoms with Crippen LogP contribution in [0.25, 0.3) is 10.9 Å². The number of nitrogens with one attached hydrogen (secondary N) is 1. The normalized spacial score (nSPS) is 13.5. The first-order valence-electron chi connectivity index (χ1n) is 8.97. The number of carboxylic acid groups (broad SMARTS) is 1. The minimum Gasteiger partial charge on any atom is -0.477 e. The Morgan fingerprint density at radius 1 is 1.24 bits per heavy atom. The van der Waals surface area contributed by atoms with Crippen LogP contribution in [0.2, 0.25) is 5.02 Å². The van der Waals surface area contributed by atoms with Crippen LogP contribution in [-0.2, 0) is 0 Å². The Balaban J connectivity index is 2.04. The van der Waals surface area contributed by atoms with Crippen LogP contribution in [0.3, 0.4) is 0 Å². The van der Waals surface area contributed by atoms with Crippen molar-refractivity contribution >= 4 is 40.1 Å². The van der Waals surface area contributed by atoms with E-state index in [1.165, 1.54) is 18.3 Å². The highest BCUT2D eigenvalue weighted by atomic mass is 35.5. The average molecular weight is 415 g/mol. The molecular formula is C21H16ClFN2O4. The summed E-state index contributed by atoms with van der Waals surface area (Å²) in [4.78, 5) is 37.2. The molecule has 0 unspecified atom stereocenters. The molecule has 1 amide bonds. The van der Waals surface area contributed by atoms with E-state index in [4.69, 9.17) is 11.6 Å². The molecule has 0 bridgehead atoms. The van der Waals surface area contributed by atoms with E-state index in [1.807, 2.05) is 0 Å². The van der Waals surface area contributed by atoms with Gasteiger partial charge in [-0.3, -0.25) is 9.59 Å². The number of carbonyl (C=O) groups is 2. The van der Waals surface area contributed by atoms with Crippen LogP contribution >= 0.6 is 11.6 Å². The van der Waals surface area contributed by atoms with E-state index in [0.717, 1.165) is 12.8 Å². The quantitative estimate of drug-likeness (QED) is 0.662. The molecule has 1 fully saturated rings. The highest BCUT2D eigenvalue weighted by molar-refractivity contribution is 6.33. The van der Waals surface area contributed by atoms with Crippen molar-refractivity contribution in [2.75, 3.05) is 5.32 Å². The molecule has 4 rings (SSSR count). The number of hydrogen-bond donors (Lipinski definition) is 2. The zero-order chi connectivity index (χ0) is 20.9. The van der Waals surface area contributed by atoms with E-state index in [2.05, 4.69) is 5.32 Å². The van der Waals surface area contributed by atoms with E-state index in [-0.39, 0.29) is 22.0 Å². The molecule has 1 saturated carbocycles. The molecule has 148 valence electrons. The fourth-order valence-electron chi connectivity index (χ4n) is 3.42. The summed E-state index contributed by atoms with van der Waals surface area (Å²) in [7, 11) is 0. The monoisotopic (exact) mass is 414 g/mol. The third kappa shape index (κ3) is 3.17. The molecule has 0 radical (unpaired) electrons. The van der Waals surface area contributed by atoms with Gasteiger partial charge in [0.25, 0.3) is 5.91 Å². The van der Waals surface area contributed by atoms with Gasteiger partial charge in [0, 0.05) is 17.8 Å². The zero-order valence-electron chi connectivity index (χ0n) is 15.3. The van der Waals surface area contributed by atoms with E-state index in [0.29, 0.717) is 11.1 Å². The van der Waals surface area contributed by atoms with E-state index in [1.54, 1.807) is 29.7 Å². The van der Waals surface area contributed by atoms with Crippen molar-refractivity contribution in [3.8, 4) is 0 Å². The summed E-state index contributed by atoms with van der Waals surface area (Å²) in [5, 5.41) is 11.5. The summed E-state index contributed by atoms with van der Waals surface area (Å²) >= 11 is 6.19. The van der Waals surface area contributed by atoms with Gasteiger partial charge in [0.2, 0.25) is 5.43 Å². The lowest BCUT2D eigenvalue weighted by Gasteiger charge is -2.19. The van der Waals surface area contributed by atoms with Gasteiger partial charge in [0.05, 0.1) is 21.6 Å². The number of carbonyl (C=O) groups excluding carboxylic acids is 1. The molecule has 2 aromatic carbocycles. The summed E-state index contributed by atoms with van der Waals surface area (Å²) in [6.07, 6.45) is 2.88. The van der Waals surface area contributed by atoms with Gasteiger partial charge in [0.15, 0.2) is 5.82 Å². The molecule has 0 atom stereocenters. The van der Waals surface area contributed by atoms with Crippen molar-refractivity contribution in [2.45, 2.75) is 25.8 Å².